The summed E-state index contributed by atoms with van der Waals surface area (Å²) in [6, 6.07) is 4.61. The number of carbonyl (C=O) groups is 1. The van der Waals surface area contributed by atoms with Crippen LogP contribution in [-0.4, -0.2) is 20.4 Å². The molecule has 0 spiro atoms. The van der Waals surface area contributed by atoms with Crippen LogP contribution < -0.4 is 10.0 Å². The van der Waals surface area contributed by atoms with Crippen molar-refractivity contribution in [3.63, 3.8) is 0 Å². The number of rotatable bonds is 2. The highest BCUT2D eigenvalue weighted by atomic mass is 32.2. The summed E-state index contributed by atoms with van der Waals surface area (Å²) >= 11 is 0. The molecular formula is C11H14N2O3S. The Morgan fingerprint density at radius 3 is 2.53 bits per heavy atom. The van der Waals surface area contributed by atoms with E-state index in [1.54, 1.807) is 11.0 Å². The van der Waals surface area contributed by atoms with Gasteiger partial charge in [-0.05, 0) is 37.6 Å². The Morgan fingerprint density at radius 1 is 1.35 bits per heavy atom. The lowest BCUT2D eigenvalue weighted by Crippen LogP contribution is -2.33. The van der Waals surface area contributed by atoms with Crippen molar-refractivity contribution in [1.29, 1.82) is 0 Å². The molecule has 5 nitrogen and oxygen atoms in total. The number of sulfonamides is 1. The zero-order valence-corrected chi connectivity index (χ0v) is 10.5. The standard InChI is InChI=1S/C11H14N2O3S/c1-7(2)13-10-4-3-9(17(12,15)16)5-8(10)6-11(13)14/h3-5,7H,6H2,1-2H3,(H2,12,15,16). The Hall–Kier alpha value is -1.40. The minimum Gasteiger partial charge on any atom is -0.309 e. The molecule has 1 aromatic carbocycles. The zero-order valence-electron chi connectivity index (χ0n) is 9.67. The Kier molecular flexibility index (Phi) is 2.71. The predicted molar refractivity (Wildman–Crippen MR) is 64.1 cm³/mol. The van der Waals surface area contributed by atoms with Gasteiger partial charge in [0.1, 0.15) is 0 Å². The van der Waals surface area contributed by atoms with Crippen molar-refractivity contribution in [3.05, 3.63) is 23.8 Å². The van der Waals surface area contributed by atoms with Crippen molar-refractivity contribution in [2.24, 2.45) is 5.14 Å². The number of primary sulfonamides is 1. The Labute approximate surface area is 100 Å². The molecule has 1 amide bonds. The molecule has 0 fully saturated rings. The second-order valence-corrected chi connectivity index (χ2v) is 5.93. The maximum atomic E-state index is 11.8. The van der Waals surface area contributed by atoms with E-state index in [4.69, 9.17) is 5.14 Å². The first-order valence-electron chi connectivity index (χ1n) is 5.28. The molecule has 0 aromatic heterocycles. The van der Waals surface area contributed by atoms with Gasteiger partial charge in [-0.1, -0.05) is 0 Å². The third-order valence-corrected chi connectivity index (χ3v) is 3.68. The van der Waals surface area contributed by atoms with E-state index in [-0.39, 0.29) is 23.3 Å². The summed E-state index contributed by atoms with van der Waals surface area (Å²) < 4.78 is 22.4. The van der Waals surface area contributed by atoms with Crippen LogP contribution in [0.4, 0.5) is 5.69 Å². The van der Waals surface area contributed by atoms with Crippen molar-refractivity contribution in [2.75, 3.05) is 4.90 Å². The first-order chi connectivity index (χ1) is 7.80. The third-order valence-electron chi connectivity index (χ3n) is 2.77. The topological polar surface area (TPSA) is 80.5 Å². The van der Waals surface area contributed by atoms with Crippen molar-refractivity contribution >= 4 is 21.6 Å². The fourth-order valence-corrected chi connectivity index (χ4v) is 2.63. The molecule has 0 radical (unpaired) electrons. The molecule has 1 aliphatic rings. The maximum absolute atomic E-state index is 11.8. The summed E-state index contributed by atoms with van der Waals surface area (Å²) in [6.45, 7) is 3.83. The van der Waals surface area contributed by atoms with Crippen LogP contribution in [0.5, 0.6) is 0 Å². The fraction of sp³-hybridized carbons (Fsp3) is 0.364. The lowest BCUT2D eigenvalue weighted by atomic mass is 10.2. The summed E-state index contributed by atoms with van der Waals surface area (Å²) in [5.74, 6) is -0.0124. The molecular weight excluding hydrogens is 240 g/mol. The quantitative estimate of drug-likeness (QED) is 0.840. The molecule has 1 aromatic rings. The summed E-state index contributed by atoms with van der Waals surface area (Å²) in [4.78, 5) is 13.5. The van der Waals surface area contributed by atoms with Crippen LogP contribution in [0.3, 0.4) is 0 Å². The van der Waals surface area contributed by atoms with Gasteiger partial charge in [-0.3, -0.25) is 4.79 Å². The predicted octanol–water partition coefficient (Wildman–Crippen LogP) is 0.632. The molecule has 0 bridgehead atoms. The van der Waals surface area contributed by atoms with Gasteiger partial charge in [0, 0.05) is 11.7 Å². The Bertz CT molecular complexity index is 578. The summed E-state index contributed by atoms with van der Waals surface area (Å²) in [5.41, 5.74) is 1.49. The molecule has 0 saturated carbocycles. The van der Waals surface area contributed by atoms with Crippen molar-refractivity contribution < 1.29 is 13.2 Å². The van der Waals surface area contributed by atoms with Gasteiger partial charge in [-0.15, -0.1) is 0 Å². The van der Waals surface area contributed by atoms with E-state index in [2.05, 4.69) is 0 Å². The van der Waals surface area contributed by atoms with Gasteiger partial charge in [0.15, 0.2) is 0 Å². The van der Waals surface area contributed by atoms with Crippen LogP contribution in [0.25, 0.3) is 0 Å². The Balaban J connectivity index is 2.52. The monoisotopic (exact) mass is 254 g/mol. The number of anilines is 1. The van der Waals surface area contributed by atoms with Gasteiger partial charge in [-0.25, -0.2) is 13.6 Å². The molecule has 0 aliphatic carbocycles. The lowest BCUT2D eigenvalue weighted by Gasteiger charge is -2.21. The van der Waals surface area contributed by atoms with E-state index < -0.39 is 10.0 Å². The lowest BCUT2D eigenvalue weighted by molar-refractivity contribution is -0.117. The fourth-order valence-electron chi connectivity index (χ4n) is 2.06. The molecule has 1 aliphatic heterocycles. The van der Waals surface area contributed by atoms with Gasteiger partial charge >= 0.3 is 0 Å². The van der Waals surface area contributed by atoms with Crippen LogP contribution in [0.1, 0.15) is 19.4 Å². The van der Waals surface area contributed by atoms with E-state index >= 15 is 0 Å². The normalized spacial score (nSPS) is 15.5. The van der Waals surface area contributed by atoms with Crippen LogP contribution >= 0.6 is 0 Å². The van der Waals surface area contributed by atoms with Gasteiger partial charge < -0.3 is 4.90 Å². The number of fused-ring (bicyclic) bond motifs is 1. The van der Waals surface area contributed by atoms with Crippen LogP contribution in [0.2, 0.25) is 0 Å². The summed E-state index contributed by atoms with van der Waals surface area (Å²) in [7, 11) is -3.71. The smallest absolute Gasteiger partial charge is 0.238 e. The van der Waals surface area contributed by atoms with Crippen molar-refractivity contribution in [3.8, 4) is 0 Å². The second kappa shape index (κ2) is 3.82. The highest BCUT2D eigenvalue weighted by molar-refractivity contribution is 7.89. The van der Waals surface area contributed by atoms with Gasteiger partial charge in [0.2, 0.25) is 15.9 Å². The molecule has 2 N–H and O–H groups in total. The SMILES string of the molecule is CC(C)N1C(=O)Cc2cc(S(N)(=O)=O)ccc21. The zero-order chi connectivity index (χ0) is 12.8. The van der Waals surface area contributed by atoms with E-state index in [1.165, 1.54) is 12.1 Å². The molecule has 2 rings (SSSR count). The highest BCUT2D eigenvalue weighted by Crippen LogP contribution is 2.32. The molecule has 0 atom stereocenters. The molecule has 6 heteroatoms. The number of nitrogens with zero attached hydrogens (tertiary/aromatic N) is 1. The van der Waals surface area contributed by atoms with E-state index in [0.717, 1.165) is 11.3 Å². The first kappa shape index (κ1) is 12.1. The average Bonchev–Trinajstić information content (AvgIpc) is 2.50. The van der Waals surface area contributed by atoms with E-state index in [9.17, 15) is 13.2 Å². The van der Waals surface area contributed by atoms with Crippen LogP contribution in [0.15, 0.2) is 23.1 Å². The number of carbonyl (C=O) groups excluding carboxylic acids is 1. The minimum atomic E-state index is -3.71. The van der Waals surface area contributed by atoms with E-state index in [1.807, 2.05) is 13.8 Å². The van der Waals surface area contributed by atoms with Crippen LogP contribution in [-0.2, 0) is 21.2 Å². The average molecular weight is 254 g/mol. The molecule has 0 saturated heterocycles. The van der Waals surface area contributed by atoms with Crippen molar-refractivity contribution in [1.82, 2.24) is 0 Å². The third kappa shape index (κ3) is 2.05. The number of nitrogens with two attached hydrogens (primary N) is 1. The highest BCUT2D eigenvalue weighted by Gasteiger charge is 2.29. The molecule has 0 unspecified atom stereocenters. The molecule has 17 heavy (non-hydrogen) atoms. The molecule has 92 valence electrons. The number of amides is 1. The largest absolute Gasteiger partial charge is 0.309 e. The van der Waals surface area contributed by atoms with Crippen LogP contribution in [0, 0.1) is 0 Å². The number of hydrogen-bond acceptors (Lipinski definition) is 3. The van der Waals surface area contributed by atoms with Gasteiger partial charge in [0.05, 0.1) is 11.3 Å². The van der Waals surface area contributed by atoms with Gasteiger partial charge in [0.25, 0.3) is 0 Å². The first-order valence-corrected chi connectivity index (χ1v) is 6.83. The maximum Gasteiger partial charge on any atom is 0.238 e. The summed E-state index contributed by atoms with van der Waals surface area (Å²) in [6.07, 6.45) is 0.233. The molecule has 1 heterocycles. The Morgan fingerprint density at radius 2 is 2.00 bits per heavy atom. The van der Waals surface area contributed by atoms with E-state index in [0.29, 0.717) is 0 Å². The summed E-state index contributed by atoms with van der Waals surface area (Å²) in [5, 5.41) is 5.05. The van der Waals surface area contributed by atoms with Gasteiger partial charge in [-0.2, -0.15) is 0 Å². The number of benzene rings is 1. The minimum absolute atomic E-state index is 0.0124. The van der Waals surface area contributed by atoms with Crippen molar-refractivity contribution in [2.45, 2.75) is 31.2 Å². The second-order valence-electron chi connectivity index (χ2n) is 4.37. The number of hydrogen-bond donors (Lipinski definition) is 1.